The molecular formula is C25H29ClN2O6. The molecule has 1 saturated heterocycles. The molecule has 3 aliphatic rings. The number of rotatable bonds is 6. The third kappa shape index (κ3) is 4.24. The quantitative estimate of drug-likeness (QED) is 0.451. The number of carbonyl (C=O) groups is 5. The number of likely N-dealkylation sites (N-methyl/N-ethyl adjacent to an activating group) is 1. The number of benzene rings is 1. The first-order valence-electron chi connectivity index (χ1n) is 11.8. The van der Waals surface area contributed by atoms with Gasteiger partial charge in [-0.15, -0.1) is 0 Å². The highest BCUT2D eigenvalue weighted by Gasteiger charge is 2.50. The van der Waals surface area contributed by atoms with Gasteiger partial charge in [-0.3, -0.25) is 28.9 Å². The Bertz CT molecular complexity index is 1000. The smallest absolute Gasteiger partial charge is 0.326 e. The molecule has 9 heteroatoms. The zero-order valence-electron chi connectivity index (χ0n) is 19.3. The van der Waals surface area contributed by atoms with Gasteiger partial charge in [0.2, 0.25) is 11.8 Å². The molecule has 1 aromatic carbocycles. The fraction of sp³-hybridized carbons (Fsp3) is 0.560. The molecule has 182 valence electrons. The number of fused-ring (bicyclic) bond motifs is 1. The molecule has 3 atom stereocenters. The molecule has 0 radical (unpaired) electrons. The van der Waals surface area contributed by atoms with E-state index in [0.29, 0.717) is 36.3 Å². The third-order valence-corrected chi connectivity index (χ3v) is 7.83. The topological polar surface area (TPSA) is 101 Å². The van der Waals surface area contributed by atoms with Crippen LogP contribution in [0, 0.1) is 11.8 Å². The van der Waals surface area contributed by atoms with Gasteiger partial charge in [0.15, 0.2) is 12.4 Å². The molecule has 1 aliphatic heterocycles. The van der Waals surface area contributed by atoms with Crippen molar-refractivity contribution in [1.29, 1.82) is 0 Å². The highest BCUT2D eigenvalue weighted by molar-refractivity contribution is 6.31. The predicted octanol–water partition coefficient (Wildman–Crippen LogP) is 2.86. The van der Waals surface area contributed by atoms with Crippen molar-refractivity contribution >= 4 is 41.1 Å². The molecule has 0 aromatic heterocycles. The minimum atomic E-state index is -1.23. The van der Waals surface area contributed by atoms with Crippen molar-refractivity contribution in [2.75, 3.05) is 20.2 Å². The number of nitrogens with zero attached hydrogens (tertiary/aromatic N) is 2. The van der Waals surface area contributed by atoms with E-state index >= 15 is 0 Å². The Morgan fingerprint density at radius 1 is 1.06 bits per heavy atom. The Morgan fingerprint density at radius 3 is 2.32 bits per heavy atom. The summed E-state index contributed by atoms with van der Waals surface area (Å²) in [6.45, 7) is -1.10. The lowest BCUT2D eigenvalue weighted by Crippen LogP contribution is -2.55. The molecule has 0 spiro atoms. The number of carbonyl (C=O) groups excluding carboxylic acids is 5. The first-order valence-corrected chi connectivity index (χ1v) is 12.2. The summed E-state index contributed by atoms with van der Waals surface area (Å²) in [7, 11) is 1.51. The van der Waals surface area contributed by atoms with Gasteiger partial charge in [0.05, 0.1) is 11.8 Å². The zero-order chi connectivity index (χ0) is 24.5. The monoisotopic (exact) mass is 488 g/mol. The second-order valence-electron chi connectivity index (χ2n) is 9.34. The predicted molar refractivity (Wildman–Crippen MR) is 123 cm³/mol. The first-order chi connectivity index (χ1) is 16.3. The van der Waals surface area contributed by atoms with E-state index in [1.165, 1.54) is 11.9 Å². The van der Waals surface area contributed by atoms with Crippen LogP contribution in [0.15, 0.2) is 24.3 Å². The third-order valence-electron chi connectivity index (χ3n) is 7.50. The van der Waals surface area contributed by atoms with Crippen LogP contribution in [0.1, 0.15) is 56.9 Å². The average molecular weight is 489 g/mol. The van der Waals surface area contributed by atoms with Crippen LogP contribution in [0.4, 0.5) is 0 Å². The molecule has 1 heterocycles. The number of imide groups is 1. The van der Waals surface area contributed by atoms with E-state index in [9.17, 15) is 24.0 Å². The highest BCUT2D eigenvalue weighted by atomic mass is 35.5. The largest absolute Gasteiger partial charge is 0.454 e. The van der Waals surface area contributed by atoms with Crippen LogP contribution in [0.5, 0.6) is 0 Å². The second kappa shape index (κ2) is 9.86. The van der Waals surface area contributed by atoms with Crippen LogP contribution in [-0.2, 0) is 34.2 Å². The zero-order valence-corrected chi connectivity index (χ0v) is 20.0. The van der Waals surface area contributed by atoms with Gasteiger partial charge in [0.1, 0.15) is 12.1 Å². The van der Waals surface area contributed by atoms with Gasteiger partial charge in [-0.2, -0.15) is 0 Å². The number of hydrogen-bond donors (Lipinski definition) is 0. The average Bonchev–Trinajstić information content (AvgIpc) is 3.08. The molecule has 4 rings (SSSR count). The van der Waals surface area contributed by atoms with Crippen LogP contribution in [0.2, 0.25) is 5.02 Å². The van der Waals surface area contributed by atoms with Crippen molar-refractivity contribution < 1.29 is 28.7 Å². The summed E-state index contributed by atoms with van der Waals surface area (Å²) in [5.41, 5.74) is -0.671. The lowest BCUT2D eigenvalue weighted by molar-refractivity contribution is -0.160. The lowest BCUT2D eigenvalue weighted by atomic mass is 9.74. The Kier molecular flexibility index (Phi) is 7.07. The van der Waals surface area contributed by atoms with Gasteiger partial charge >= 0.3 is 5.97 Å². The van der Waals surface area contributed by atoms with Gasteiger partial charge in [-0.05, 0) is 38.2 Å². The molecule has 8 nitrogen and oxygen atoms in total. The maximum absolute atomic E-state index is 13.1. The van der Waals surface area contributed by atoms with E-state index in [0.717, 1.165) is 30.6 Å². The summed E-state index contributed by atoms with van der Waals surface area (Å²) >= 11 is 6.42. The van der Waals surface area contributed by atoms with Crippen molar-refractivity contribution in [1.82, 2.24) is 9.80 Å². The summed E-state index contributed by atoms with van der Waals surface area (Å²) in [5, 5.41) is 0.391. The Morgan fingerprint density at radius 2 is 1.71 bits per heavy atom. The molecule has 2 saturated carbocycles. The number of amides is 3. The van der Waals surface area contributed by atoms with Gasteiger partial charge in [-0.1, -0.05) is 42.6 Å². The maximum Gasteiger partial charge on any atom is 0.326 e. The molecule has 2 aliphatic carbocycles. The van der Waals surface area contributed by atoms with Crippen LogP contribution in [0.3, 0.4) is 0 Å². The standard InChI is InChI=1S/C25H29ClN2O6/c1-27(25(13-7-6-12-20(25)29)18-10-4-5-11-19(18)26)21(30)15-34-22(31)14-28-23(32)16-8-2-3-9-17(16)24(28)33/h4-5,10-11,16-17H,2-3,6-9,12-15H2,1H3/t16-,17+,25-/m1/s1. The van der Waals surface area contributed by atoms with E-state index in [1.807, 2.05) is 0 Å². The number of Topliss-reactive ketones (excluding diaryl/α,β-unsaturated/α-hetero) is 1. The fourth-order valence-corrected chi connectivity index (χ4v) is 5.94. The Balaban J connectivity index is 1.43. The Labute approximate surface area is 203 Å². The van der Waals surface area contributed by atoms with Crippen LogP contribution >= 0.6 is 11.6 Å². The number of halogens is 1. The highest BCUT2D eigenvalue weighted by Crippen LogP contribution is 2.42. The van der Waals surface area contributed by atoms with Crippen molar-refractivity contribution in [2.45, 2.75) is 56.9 Å². The molecule has 1 aromatic rings. The number of ether oxygens (including phenoxy) is 1. The van der Waals surface area contributed by atoms with Crippen LogP contribution in [-0.4, -0.2) is 59.5 Å². The second-order valence-corrected chi connectivity index (χ2v) is 9.75. The number of ketones is 1. The minimum Gasteiger partial charge on any atom is -0.454 e. The molecule has 0 unspecified atom stereocenters. The maximum atomic E-state index is 13.1. The first kappa shape index (κ1) is 24.4. The number of esters is 1. The summed E-state index contributed by atoms with van der Waals surface area (Å²) in [4.78, 5) is 66.1. The van der Waals surface area contributed by atoms with Crippen LogP contribution in [0.25, 0.3) is 0 Å². The van der Waals surface area contributed by atoms with Gasteiger partial charge in [-0.25, -0.2) is 0 Å². The van der Waals surface area contributed by atoms with Crippen molar-refractivity contribution in [2.24, 2.45) is 11.8 Å². The fourth-order valence-electron chi connectivity index (χ4n) is 5.64. The summed E-state index contributed by atoms with van der Waals surface area (Å²) in [5.74, 6) is -2.87. The van der Waals surface area contributed by atoms with Crippen molar-refractivity contribution in [3.8, 4) is 0 Å². The van der Waals surface area contributed by atoms with Crippen molar-refractivity contribution in [3.05, 3.63) is 34.9 Å². The van der Waals surface area contributed by atoms with Crippen LogP contribution < -0.4 is 0 Å². The van der Waals surface area contributed by atoms with E-state index in [2.05, 4.69) is 0 Å². The Hall–Kier alpha value is -2.74. The molecule has 34 heavy (non-hydrogen) atoms. The summed E-state index contributed by atoms with van der Waals surface area (Å²) in [6.07, 6.45) is 5.33. The van der Waals surface area contributed by atoms with Gasteiger partial charge in [0.25, 0.3) is 5.91 Å². The molecule has 3 amide bonds. The SMILES string of the molecule is CN(C(=O)COC(=O)CN1C(=O)[C@H]2CCCC[C@H]2C1=O)[C@@]1(c2ccccc2Cl)CCCCC1=O. The minimum absolute atomic E-state index is 0.107. The molecule has 0 bridgehead atoms. The summed E-state index contributed by atoms with van der Waals surface area (Å²) < 4.78 is 5.15. The van der Waals surface area contributed by atoms with E-state index in [-0.39, 0.29) is 29.4 Å². The number of hydrogen-bond acceptors (Lipinski definition) is 6. The summed E-state index contributed by atoms with van der Waals surface area (Å²) in [6, 6.07) is 6.95. The van der Waals surface area contributed by atoms with Gasteiger partial charge < -0.3 is 9.64 Å². The van der Waals surface area contributed by atoms with E-state index < -0.39 is 30.6 Å². The van der Waals surface area contributed by atoms with Crippen molar-refractivity contribution in [3.63, 3.8) is 0 Å². The normalized spacial score (nSPS) is 26.9. The molecular weight excluding hydrogens is 460 g/mol. The number of likely N-dealkylation sites (tertiary alicyclic amines) is 1. The van der Waals surface area contributed by atoms with Gasteiger partial charge in [0, 0.05) is 24.1 Å². The van der Waals surface area contributed by atoms with E-state index in [1.54, 1.807) is 24.3 Å². The lowest BCUT2D eigenvalue weighted by Gasteiger charge is -2.43. The molecule has 3 fully saturated rings. The molecule has 0 N–H and O–H groups in total. The van der Waals surface area contributed by atoms with E-state index in [4.69, 9.17) is 16.3 Å².